The summed E-state index contributed by atoms with van der Waals surface area (Å²) < 4.78 is 18.8. The van der Waals surface area contributed by atoms with E-state index in [0.29, 0.717) is 60.4 Å². The zero-order chi connectivity index (χ0) is 36.6. The molecule has 8 atom stereocenters. The van der Waals surface area contributed by atoms with Gasteiger partial charge in [0.25, 0.3) is 0 Å². The van der Waals surface area contributed by atoms with Crippen LogP contribution in [0.4, 0.5) is 10.7 Å². The maximum absolute atomic E-state index is 14.4. The van der Waals surface area contributed by atoms with Crippen molar-refractivity contribution in [1.82, 2.24) is 30.2 Å². The Balaban J connectivity index is 1.16. The fourth-order valence-electron chi connectivity index (χ4n) is 8.49. The average molecular weight is 714 g/mol. The maximum Gasteiger partial charge on any atom is 0.408 e. The number of anilines is 1. The predicted molar refractivity (Wildman–Crippen MR) is 194 cm³/mol. The highest BCUT2D eigenvalue weighted by atomic mass is 16.6. The molecule has 2 amide bonds. The summed E-state index contributed by atoms with van der Waals surface area (Å²) in [6.45, 7) is 10.2. The van der Waals surface area contributed by atoms with Gasteiger partial charge in [0, 0.05) is 24.4 Å². The summed E-state index contributed by atoms with van der Waals surface area (Å²) >= 11 is 0. The molecular formula is C39H51N7O6. The van der Waals surface area contributed by atoms with E-state index >= 15 is 0 Å². The van der Waals surface area contributed by atoms with Crippen LogP contribution < -0.4 is 20.1 Å². The summed E-state index contributed by atoms with van der Waals surface area (Å²) in [5.41, 5.74) is 1.48. The van der Waals surface area contributed by atoms with Gasteiger partial charge in [0.15, 0.2) is 5.78 Å². The molecule has 13 nitrogen and oxygen atoms in total. The summed E-state index contributed by atoms with van der Waals surface area (Å²) in [7, 11) is 0. The molecule has 2 aliphatic carbocycles. The van der Waals surface area contributed by atoms with E-state index < -0.39 is 29.7 Å². The molecule has 52 heavy (non-hydrogen) atoms. The number of carbonyl (C=O) groups excluding carboxylic acids is 3. The Hall–Kier alpha value is -4.55. The molecule has 2 unspecified atom stereocenters. The molecule has 2 aliphatic heterocycles. The number of Topliss-reactive ketones (excluding diaryl/α,β-unsaturated/α-hetero) is 1. The SMILES string of the molecule is CC(=O)[C@@H]1[C@H](C)[C@@H]2CN1C(=O)[C@H](C(C)(C)C)NC(=O)O[C@@H]1CC3CC3[C@H]1CCCCCc1nc3ccc(OCCNc4ncccn4)cc3nc1O2. The standard InChI is InChI=1S/C39H51N7O6/c1-22-32-21-46(33(22)23(2)47)36(48)34(39(3,4)5)45-38(49)52-31-19-24-18-27(24)26(31)10-7-6-8-11-29-35(51-32)44-30-20-25(12-13-28(30)43-29)50-17-16-42-37-40-14-9-15-41-37/h9,12-15,20,22,24,26-27,31-34H,6-8,10-11,16-19,21H2,1-5H3,(H,45,49)(H,40,41,42)/t22-,24?,26-,27?,31-,32+,33+,34-/m1/s1. The van der Waals surface area contributed by atoms with Crippen LogP contribution in [0.1, 0.15) is 78.8 Å². The molecule has 0 radical (unpaired) electrons. The first-order valence-corrected chi connectivity index (χ1v) is 18.9. The quantitative estimate of drug-likeness (QED) is 0.316. The fraction of sp³-hybridized carbons (Fsp3) is 0.615. The van der Waals surface area contributed by atoms with Crippen LogP contribution in [0, 0.1) is 29.1 Å². The van der Waals surface area contributed by atoms with E-state index in [1.54, 1.807) is 23.4 Å². The Morgan fingerprint density at radius 1 is 1.02 bits per heavy atom. The Morgan fingerprint density at radius 3 is 2.60 bits per heavy atom. The number of alkyl carbamates (subject to hydrolysis) is 1. The minimum absolute atomic E-state index is 0.138. The largest absolute Gasteiger partial charge is 0.492 e. The van der Waals surface area contributed by atoms with Crippen LogP contribution in [0.2, 0.25) is 0 Å². The number of aryl methyl sites for hydroxylation is 1. The van der Waals surface area contributed by atoms with E-state index in [4.69, 9.17) is 24.2 Å². The maximum atomic E-state index is 14.4. The number of aromatic nitrogens is 4. The lowest BCUT2D eigenvalue weighted by Crippen LogP contribution is -2.57. The lowest BCUT2D eigenvalue weighted by molar-refractivity contribution is -0.141. The third-order valence-corrected chi connectivity index (χ3v) is 11.3. The number of ether oxygens (including phenoxy) is 3. The number of hydrogen-bond donors (Lipinski definition) is 2. The van der Waals surface area contributed by atoms with E-state index in [9.17, 15) is 14.4 Å². The van der Waals surface area contributed by atoms with Crippen LogP contribution in [0.25, 0.3) is 11.0 Å². The van der Waals surface area contributed by atoms with Gasteiger partial charge >= 0.3 is 6.09 Å². The number of nitrogens with one attached hydrogen (secondary N) is 2. The topological polar surface area (TPSA) is 158 Å². The van der Waals surface area contributed by atoms with Crippen molar-refractivity contribution in [1.29, 1.82) is 0 Å². The fourth-order valence-corrected chi connectivity index (χ4v) is 8.49. The van der Waals surface area contributed by atoms with Crippen molar-refractivity contribution in [2.24, 2.45) is 29.1 Å². The number of hydrogen-bond acceptors (Lipinski definition) is 11. The summed E-state index contributed by atoms with van der Waals surface area (Å²) in [6, 6.07) is 5.80. The van der Waals surface area contributed by atoms with E-state index in [1.165, 1.54) is 13.3 Å². The van der Waals surface area contributed by atoms with Crippen LogP contribution in [-0.2, 0) is 20.7 Å². The first-order chi connectivity index (χ1) is 25.0. The van der Waals surface area contributed by atoms with Crippen molar-refractivity contribution in [2.45, 2.75) is 104 Å². The third-order valence-electron chi connectivity index (χ3n) is 11.3. The van der Waals surface area contributed by atoms with Crippen molar-refractivity contribution in [3.63, 3.8) is 0 Å². The highest BCUT2D eigenvalue weighted by molar-refractivity contribution is 5.92. The van der Waals surface area contributed by atoms with Crippen molar-refractivity contribution >= 4 is 34.8 Å². The summed E-state index contributed by atoms with van der Waals surface area (Å²) in [6.07, 6.45) is 8.81. The molecule has 3 fully saturated rings. The summed E-state index contributed by atoms with van der Waals surface area (Å²) in [5, 5.41) is 6.07. The normalized spacial score (nSPS) is 29.4. The summed E-state index contributed by atoms with van der Waals surface area (Å²) in [5.74, 6) is 2.36. The lowest BCUT2D eigenvalue weighted by Gasteiger charge is -2.35. The molecule has 7 rings (SSSR count). The van der Waals surface area contributed by atoms with Gasteiger partial charge in [-0.1, -0.05) is 40.5 Å². The first-order valence-electron chi connectivity index (χ1n) is 18.9. The van der Waals surface area contributed by atoms with Crippen molar-refractivity contribution < 1.29 is 28.6 Å². The minimum atomic E-state index is -0.897. The third kappa shape index (κ3) is 7.78. The van der Waals surface area contributed by atoms with E-state index in [2.05, 4.69) is 20.6 Å². The van der Waals surface area contributed by atoms with Crippen LogP contribution in [0.3, 0.4) is 0 Å². The number of rotatable bonds is 6. The van der Waals surface area contributed by atoms with Crippen molar-refractivity contribution in [2.75, 3.05) is 25.0 Å². The number of fused-ring (bicyclic) bond motifs is 7. The predicted octanol–water partition coefficient (Wildman–Crippen LogP) is 5.38. The number of amides is 2. The van der Waals surface area contributed by atoms with Gasteiger partial charge in [-0.25, -0.2) is 24.7 Å². The van der Waals surface area contributed by atoms with Gasteiger partial charge in [-0.05, 0) is 80.4 Å². The van der Waals surface area contributed by atoms with Crippen LogP contribution in [-0.4, -0.2) is 86.6 Å². The molecule has 13 heteroatoms. The van der Waals surface area contributed by atoms with Gasteiger partial charge in [0.1, 0.15) is 36.3 Å². The molecule has 1 aromatic carbocycles. The van der Waals surface area contributed by atoms with Crippen LogP contribution in [0.5, 0.6) is 11.6 Å². The minimum Gasteiger partial charge on any atom is -0.492 e. The van der Waals surface area contributed by atoms with Gasteiger partial charge in [0.05, 0.1) is 30.2 Å². The van der Waals surface area contributed by atoms with Gasteiger partial charge in [0.2, 0.25) is 17.7 Å². The first kappa shape index (κ1) is 35.8. The average Bonchev–Trinajstić information content (AvgIpc) is 3.67. The summed E-state index contributed by atoms with van der Waals surface area (Å²) in [4.78, 5) is 60.9. The van der Waals surface area contributed by atoms with Crippen molar-refractivity contribution in [3.8, 4) is 11.6 Å². The van der Waals surface area contributed by atoms with E-state index in [0.717, 1.165) is 43.3 Å². The Kier molecular flexibility index (Phi) is 10.2. The zero-order valence-corrected chi connectivity index (χ0v) is 30.8. The number of ketones is 1. The molecule has 3 aromatic rings. The Bertz CT molecular complexity index is 1780. The van der Waals surface area contributed by atoms with Crippen LogP contribution >= 0.6 is 0 Å². The Labute approximate surface area is 305 Å². The molecule has 1 saturated heterocycles. The highest BCUT2D eigenvalue weighted by Crippen LogP contribution is 2.57. The second kappa shape index (κ2) is 14.8. The molecule has 0 spiro atoms. The molecule has 4 heterocycles. The lowest BCUT2D eigenvalue weighted by atomic mass is 9.85. The molecule has 2 N–H and O–H groups in total. The zero-order valence-electron chi connectivity index (χ0n) is 30.8. The number of benzene rings is 1. The number of nitrogens with zero attached hydrogens (tertiary/aromatic N) is 5. The van der Waals surface area contributed by atoms with E-state index in [-0.39, 0.29) is 30.3 Å². The molecule has 4 aliphatic rings. The molecule has 2 aromatic heterocycles. The highest BCUT2D eigenvalue weighted by Gasteiger charge is 2.55. The number of carbonyl (C=O) groups is 3. The van der Waals surface area contributed by atoms with Gasteiger partial charge in [-0.15, -0.1) is 0 Å². The Morgan fingerprint density at radius 2 is 1.83 bits per heavy atom. The van der Waals surface area contributed by atoms with Crippen molar-refractivity contribution in [3.05, 3.63) is 42.4 Å². The molecule has 278 valence electrons. The molecule has 2 saturated carbocycles. The second-order valence-corrected chi connectivity index (χ2v) is 16.1. The van der Waals surface area contributed by atoms with Gasteiger partial charge in [-0.3, -0.25) is 9.59 Å². The smallest absolute Gasteiger partial charge is 0.408 e. The second-order valence-electron chi connectivity index (χ2n) is 16.1. The van der Waals surface area contributed by atoms with E-state index in [1.807, 2.05) is 45.9 Å². The van der Waals surface area contributed by atoms with Gasteiger partial charge in [-0.2, -0.15) is 0 Å². The van der Waals surface area contributed by atoms with Gasteiger partial charge < -0.3 is 29.7 Å². The molecule has 2 bridgehead atoms. The van der Waals surface area contributed by atoms with Crippen LogP contribution in [0.15, 0.2) is 36.7 Å². The molecular weight excluding hydrogens is 662 g/mol. The monoisotopic (exact) mass is 713 g/mol.